The molecule has 1 aromatic heterocycles. The van der Waals surface area contributed by atoms with Crippen LogP contribution in [0.25, 0.3) is 6.08 Å². The minimum Gasteiger partial charge on any atom is -0.493 e. The number of benzene rings is 2. The number of amides is 1. The number of hydrogen-bond acceptors (Lipinski definition) is 5. The van der Waals surface area contributed by atoms with Crippen molar-refractivity contribution in [3.8, 4) is 17.6 Å². The molecular formula is C23H19BrN2O4. The third-order valence-corrected chi connectivity index (χ3v) is 4.75. The van der Waals surface area contributed by atoms with Crippen LogP contribution in [0.15, 0.2) is 75.3 Å². The van der Waals surface area contributed by atoms with E-state index in [9.17, 15) is 10.1 Å². The fourth-order valence-electron chi connectivity index (χ4n) is 2.68. The summed E-state index contributed by atoms with van der Waals surface area (Å²) in [5.74, 6) is 1.14. The fraction of sp³-hybridized carbons (Fsp3) is 0.130. The highest BCUT2D eigenvalue weighted by atomic mass is 79.9. The number of hydrogen-bond donors (Lipinski definition) is 1. The molecule has 0 bridgehead atoms. The predicted octanol–water partition coefficient (Wildman–Crippen LogP) is 4.85. The molecule has 0 saturated carbocycles. The standard InChI is InChI=1S/C23H19BrN2O4/c1-28-21-12-17(10-18(13-25)23(27)26-14-19-8-5-9-29-19)11-20(24)22(21)30-15-16-6-3-2-4-7-16/h2-12H,14-15H2,1H3,(H,26,27). The molecule has 0 saturated heterocycles. The van der Waals surface area contributed by atoms with Crippen LogP contribution < -0.4 is 14.8 Å². The second-order valence-corrected chi connectivity index (χ2v) is 7.09. The molecule has 152 valence electrons. The van der Waals surface area contributed by atoms with Crippen molar-refractivity contribution in [2.45, 2.75) is 13.2 Å². The number of carbonyl (C=O) groups is 1. The van der Waals surface area contributed by atoms with Gasteiger partial charge in [-0.25, -0.2) is 0 Å². The van der Waals surface area contributed by atoms with E-state index in [-0.39, 0.29) is 12.1 Å². The van der Waals surface area contributed by atoms with Crippen LogP contribution >= 0.6 is 15.9 Å². The van der Waals surface area contributed by atoms with E-state index in [1.807, 2.05) is 36.4 Å². The zero-order valence-electron chi connectivity index (χ0n) is 16.2. The third-order valence-electron chi connectivity index (χ3n) is 4.16. The van der Waals surface area contributed by atoms with Gasteiger partial charge < -0.3 is 19.2 Å². The van der Waals surface area contributed by atoms with Crippen molar-refractivity contribution in [2.24, 2.45) is 0 Å². The molecule has 7 heteroatoms. The largest absolute Gasteiger partial charge is 0.493 e. The maximum Gasteiger partial charge on any atom is 0.262 e. The van der Waals surface area contributed by atoms with Gasteiger partial charge >= 0.3 is 0 Å². The maximum atomic E-state index is 12.3. The van der Waals surface area contributed by atoms with Crippen LogP contribution in [0.3, 0.4) is 0 Å². The van der Waals surface area contributed by atoms with Crippen molar-refractivity contribution in [2.75, 3.05) is 7.11 Å². The van der Waals surface area contributed by atoms with Gasteiger partial charge in [0.05, 0.1) is 24.4 Å². The Balaban J connectivity index is 1.76. The Bertz CT molecular complexity index is 1070. The van der Waals surface area contributed by atoms with Crippen molar-refractivity contribution >= 4 is 27.9 Å². The Kier molecular flexibility index (Phi) is 7.30. The Morgan fingerprint density at radius 2 is 2.03 bits per heavy atom. The van der Waals surface area contributed by atoms with Crippen LogP contribution in [0.2, 0.25) is 0 Å². The van der Waals surface area contributed by atoms with Crippen LogP contribution in [-0.4, -0.2) is 13.0 Å². The van der Waals surface area contributed by atoms with Gasteiger partial charge in [0.2, 0.25) is 0 Å². The number of nitrogens with one attached hydrogen (secondary N) is 1. The molecule has 0 unspecified atom stereocenters. The minimum atomic E-state index is -0.492. The predicted molar refractivity (Wildman–Crippen MR) is 116 cm³/mol. The molecule has 0 radical (unpaired) electrons. The Morgan fingerprint density at radius 1 is 1.23 bits per heavy atom. The van der Waals surface area contributed by atoms with E-state index in [4.69, 9.17) is 13.9 Å². The first-order chi connectivity index (χ1) is 14.6. The van der Waals surface area contributed by atoms with E-state index in [0.717, 1.165) is 5.56 Å². The summed E-state index contributed by atoms with van der Waals surface area (Å²) in [5.41, 5.74) is 1.61. The number of carbonyl (C=O) groups excluding carboxylic acids is 1. The summed E-state index contributed by atoms with van der Waals surface area (Å²) in [7, 11) is 1.53. The van der Waals surface area contributed by atoms with Crippen LogP contribution in [0.5, 0.6) is 11.5 Å². The van der Waals surface area contributed by atoms with Crippen LogP contribution in [0.1, 0.15) is 16.9 Å². The zero-order chi connectivity index (χ0) is 21.3. The summed E-state index contributed by atoms with van der Waals surface area (Å²) in [6.45, 7) is 0.577. The molecule has 1 heterocycles. The lowest BCUT2D eigenvalue weighted by Gasteiger charge is -2.14. The van der Waals surface area contributed by atoms with Gasteiger partial charge in [0.25, 0.3) is 5.91 Å². The average molecular weight is 467 g/mol. The van der Waals surface area contributed by atoms with E-state index in [0.29, 0.717) is 33.9 Å². The lowest BCUT2D eigenvalue weighted by Crippen LogP contribution is -2.23. The maximum absolute atomic E-state index is 12.3. The summed E-state index contributed by atoms with van der Waals surface area (Å²) >= 11 is 3.49. The van der Waals surface area contributed by atoms with Gasteiger partial charge in [0.15, 0.2) is 11.5 Å². The quantitative estimate of drug-likeness (QED) is 0.378. The smallest absolute Gasteiger partial charge is 0.262 e. The SMILES string of the molecule is COc1cc(C=C(C#N)C(=O)NCc2ccco2)cc(Br)c1OCc1ccccc1. The van der Waals surface area contributed by atoms with E-state index >= 15 is 0 Å². The molecule has 1 amide bonds. The minimum absolute atomic E-state index is 0.0338. The number of nitriles is 1. The zero-order valence-corrected chi connectivity index (χ0v) is 17.8. The van der Waals surface area contributed by atoms with Crippen LogP contribution in [-0.2, 0) is 17.9 Å². The molecule has 0 atom stereocenters. The van der Waals surface area contributed by atoms with Crippen molar-refractivity contribution in [1.29, 1.82) is 5.26 Å². The van der Waals surface area contributed by atoms with E-state index in [1.165, 1.54) is 19.4 Å². The summed E-state index contributed by atoms with van der Waals surface area (Å²) in [4.78, 5) is 12.3. The Hall–Kier alpha value is -3.50. The van der Waals surface area contributed by atoms with Gasteiger partial charge in [0.1, 0.15) is 24.0 Å². The summed E-state index contributed by atoms with van der Waals surface area (Å²) in [6.07, 6.45) is 3.01. The summed E-state index contributed by atoms with van der Waals surface area (Å²) < 4.78 is 17.2. The lowest BCUT2D eigenvalue weighted by molar-refractivity contribution is -0.117. The average Bonchev–Trinajstić information content (AvgIpc) is 3.29. The number of halogens is 1. The van der Waals surface area contributed by atoms with E-state index in [2.05, 4.69) is 21.2 Å². The van der Waals surface area contributed by atoms with E-state index < -0.39 is 5.91 Å². The summed E-state index contributed by atoms with van der Waals surface area (Å²) in [6, 6.07) is 18.6. The number of ether oxygens (including phenoxy) is 2. The number of rotatable bonds is 8. The van der Waals surface area contributed by atoms with Crippen LogP contribution in [0, 0.1) is 11.3 Å². The molecule has 0 aliphatic carbocycles. The van der Waals surface area contributed by atoms with Crippen molar-refractivity contribution in [1.82, 2.24) is 5.32 Å². The molecular weight excluding hydrogens is 448 g/mol. The second-order valence-electron chi connectivity index (χ2n) is 6.24. The fourth-order valence-corrected chi connectivity index (χ4v) is 3.26. The van der Waals surface area contributed by atoms with Gasteiger partial charge in [-0.1, -0.05) is 30.3 Å². The van der Waals surface area contributed by atoms with Gasteiger partial charge in [0, 0.05) is 0 Å². The first-order valence-corrected chi connectivity index (χ1v) is 9.86. The van der Waals surface area contributed by atoms with Crippen molar-refractivity contribution in [3.05, 3.63) is 87.8 Å². The Labute approximate surface area is 182 Å². The topological polar surface area (TPSA) is 84.5 Å². The first-order valence-electron chi connectivity index (χ1n) is 9.07. The normalized spacial score (nSPS) is 10.9. The Morgan fingerprint density at radius 3 is 2.70 bits per heavy atom. The molecule has 0 fully saturated rings. The lowest BCUT2D eigenvalue weighted by atomic mass is 10.1. The highest BCUT2D eigenvalue weighted by Gasteiger charge is 2.14. The van der Waals surface area contributed by atoms with E-state index in [1.54, 1.807) is 24.3 Å². The molecule has 2 aromatic carbocycles. The van der Waals surface area contributed by atoms with Gasteiger partial charge in [-0.05, 0) is 57.4 Å². The van der Waals surface area contributed by atoms with Gasteiger partial charge in [-0.3, -0.25) is 4.79 Å². The first kappa shape index (κ1) is 21.2. The molecule has 3 aromatic rings. The monoisotopic (exact) mass is 466 g/mol. The molecule has 0 aliphatic heterocycles. The van der Waals surface area contributed by atoms with Gasteiger partial charge in [-0.15, -0.1) is 0 Å². The third kappa shape index (κ3) is 5.52. The van der Waals surface area contributed by atoms with Crippen molar-refractivity contribution < 1.29 is 18.7 Å². The number of methoxy groups -OCH3 is 1. The van der Waals surface area contributed by atoms with Crippen molar-refractivity contribution in [3.63, 3.8) is 0 Å². The number of nitrogens with zero attached hydrogens (tertiary/aromatic N) is 1. The molecule has 1 N–H and O–H groups in total. The molecule has 0 aliphatic rings. The second kappa shape index (κ2) is 10.3. The molecule has 30 heavy (non-hydrogen) atoms. The van der Waals surface area contributed by atoms with Gasteiger partial charge in [-0.2, -0.15) is 5.26 Å². The molecule has 0 spiro atoms. The van der Waals surface area contributed by atoms with Crippen LogP contribution in [0.4, 0.5) is 0 Å². The molecule has 6 nitrogen and oxygen atoms in total. The highest BCUT2D eigenvalue weighted by Crippen LogP contribution is 2.37. The molecule has 3 rings (SSSR count). The highest BCUT2D eigenvalue weighted by molar-refractivity contribution is 9.10. The summed E-state index contributed by atoms with van der Waals surface area (Å²) in [5, 5.41) is 12.1. The number of furan rings is 1.